The number of nitrogen functional groups attached to an aromatic ring is 1. The summed E-state index contributed by atoms with van der Waals surface area (Å²) in [7, 11) is 0. The molecule has 0 aromatic heterocycles. The molecule has 0 heterocycles. The first-order valence-electron chi connectivity index (χ1n) is 5.72. The van der Waals surface area contributed by atoms with E-state index in [0.29, 0.717) is 23.1 Å². The summed E-state index contributed by atoms with van der Waals surface area (Å²) in [4.78, 5) is 0.907. The normalized spacial score (nSPS) is 10.4. The van der Waals surface area contributed by atoms with E-state index in [1.807, 2.05) is 6.07 Å². The van der Waals surface area contributed by atoms with Gasteiger partial charge in [0.2, 0.25) is 0 Å². The Hall–Kier alpha value is -1.39. The molecule has 2 N–H and O–H groups in total. The van der Waals surface area contributed by atoms with E-state index in [0.717, 1.165) is 4.90 Å². The lowest BCUT2D eigenvalue weighted by Gasteiger charge is -2.08. The molecule has 0 saturated carbocycles. The molecule has 5 heteroatoms. The molecule has 100 valence electrons. The Kier molecular flexibility index (Phi) is 4.93. The van der Waals surface area contributed by atoms with Crippen LogP contribution in [-0.2, 0) is 0 Å². The summed E-state index contributed by atoms with van der Waals surface area (Å²) in [5.41, 5.74) is 6.51. The van der Waals surface area contributed by atoms with Gasteiger partial charge in [-0.05, 0) is 30.3 Å². The minimum absolute atomic E-state index is 0.266. The lowest BCUT2D eigenvalue weighted by molar-refractivity contribution is 0.325. The maximum Gasteiger partial charge on any atom is 0.165 e. The van der Waals surface area contributed by atoms with Crippen LogP contribution in [0.5, 0.6) is 5.75 Å². The van der Waals surface area contributed by atoms with Crippen LogP contribution >= 0.6 is 23.4 Å². The molecule has 2 aromatic rings. The van der Waals surface area contributed by atoms with Gasteiger partial charge >= 0.3 is 0 Å². The minimum atomic E-state index is -0.352. The largest absolute Gasteiger partial charge is 0.490 e. The van der Waals surface area contributed by atoms with Gasteiger partial charge in [0.05, 0.1) is 6.61 Å². The topological polar surface area (TPSA) is 35.2 Å². The van der Waals surface area contributed by atoms with Crippen molar-refractivity contribution in [3.8, 4) is 5.75 Å². The highest BCUT2D eigenvalue weighted by molar-refractivity contribution is 7.99. The Balaban J connectivity index is 1.84. The molecule has 0 bridgehead atoms. The molecule has 0 aliphatic carbocycles. The van der Waals surface area contributed by atoms with Crippen molar-refractivity contribution in [2.75, 3.05) is 18.1 Å². The maximum absolute atomic E-state index is 13.3. The van der Waals surface area contributed by atoms with Gasteiger partial charge in [-0.15, -0.1) is 11.8 Å². The number of anilines is 1. The predicted octanol–water partition coefficient (Wildman–Crippen LogP) is 4.23. The average Bonchev–Trinajstić information content (AvgIpc) is 2.40. The fraction of sp³-hybridized carbons (Fsp3) is 0.143. The number of benzene rings is 2. The summed E-state index contributed by atoms with van der Waals surface area (Å²) in [6, 6.07) is 11.7. The molecule has 0 aliphatic rings. The van der Waals surface area contributed by atoms with Crippen LogP contribution in [0.25, 0.3) is 0 Å². The second-order valence-electron chi connectivity index (χ2n) is 3.81. The average molecular weight is 298 g/mol. The number of hydrogen-bond acceptors (Lipinski definition) is 3. The number of rotatable bonds is 5. The van der Waals surface area contributed by atoms with Crippen LogP contribution in [0.4, 0.5) is 10.1 Å². The third kappa shape index (κ3) is 4.04. The first kappa shape index (κ1) is 14.0. The number of thioether (sulfide) groups is 1. The van der Waals surface area contributed by atoms with E-state index in [4.69, 9.17) is 22.1 Å². The van der Waals surface area contributed by atoms with Gasteiger partial charge in [-0.1, -0.05) is 23.7 Å². The van der Waals surface area contributed by atoms with E-state index in [9.17, 15) is 4.39 Å². The predicted molar refractivity (Wildman–Crippen MR) is 78.5 cm³/mol. The highest BCUT2D eigenvalue weighted by Gasteiger charge is 2.03. The van der Waals surface area contributed by atoms with Crippen molar-refractivity contribution in [3.63, 3.8) is 0 Å². The number of hydrogen-bond donors (Lipinski definition) is 1. The molecule has 0 spiro atoms. The van der Waals surface area contributed by atoms with Gasteiger partial charge in [0.25, 0.3) is 0 Å². The third-order valence-corrected chi connectivity index (χ3v) is 3.68. The maximum atomic E-state index is 13.3. The molecule has 2 rings (SSSR count). The summed E-state index contributed by atoms with van der Waals surface area (Å²) in [6.07, 6.45) is 0. The summed E-state index contributed by atoms with van der Waals surface area (Å²) < 4.78 is 18.6. The highest BCUT2D eigenvalue weighted by atomic mass is 35.5. The zero-order valence-corrected chi connectivity index (χ0v) is 11.7. The third-order valence-electron chi connectivity index (χ3n) is 2.41. The molecular weight excluding hydrogens is 285 g/mol. The summed E-state index contributed by atoms with van der Waals surface area (Å²) >= 11 is 7.43. The standard InChI is InChI=1S/C14H13ClFNOS/c15-10-5-6-12(17)14(9-10)19-8-7-18-13-4-2-1-3-11(13)16/h1-6,9H,7-8,17H2. The Bertz CT molecular complexity index is 565. The van der Waals surface area contributed by atoms with Crippen molar-refractivity contribution >= 4 is 29.1 Å². The molecule has 2 nitrogen and oxygen atoms in total. The fourth-order valence-corrected chi connectivity index (χ4v) is 2.57. The molecular formula is C14H13ClFNOS. The number of para-hydroxylation sites is 1. The SMILES string of the molecule is Nc1ccc(Cl)cc1SCCOc1ccccc1F. The van der Waals surface area contributed by atoms with Crippen LogP contribution in [0.2, 0.25) is 5.02 Å². The van der Waals surface area contributed by atoms with E-state index in [1.54, 1.807) is 30.3 Å². The van der Waals surface area contributed by atoms with Crippen molar-refractivity contribution in [1.82, 2.24) is 0 Å². The lowest BCUT2D eigenvalue weighted by atomic mass is 10.3. The van der Waals surface area contributed by atoms with Gasteiger partial charge in [0, 0.05) is 21.4 Å². The quantitative estimate of drug-likeness (QED) is 0.509. The van der Waals surface area contributed by atoms with Gasteiger partial charge in [-0.2, -0.15) is 0 Å². The summed E-state index contributed by atoms with van der Waals surface area (Å²) in [5, 5.41) is 0.645. The summed E-state index contributed by atoms with van der Waals surface area (Å²) in [6.45, 7) is 0.400. The summed E-state index contributed by atoms with van der Waals surface area (Å²) in [5.74, 6) is 0.579. The first-order chi connectivity index (χ1) is 9.16. The lowest BCUT2D eigenvalue weighted by Crippen LogP contribution is -2.02. The van der Waals surface area contributed by atoms with Crippen LogP contribution in [-0.4, -0.2) is 12.4 Å². The molecule has 0 amide bonds. The number of halogens is 2. The van der Waals surface area contributed by atoms with Crippen LogP contribution < -0.4 is 10.5 Å². The van der Waals surface area contributed by atoms with Gasteiger partial charge in [-0.25, -0.2) is 4.39 Å². The van der Waals surface area contributed by atoms with Crippen LogP contribution in [0.3, 0.4) is 0 Å². The van der Waals surface area contributed by atoms with E-state index in [1.165, 1.54) is 17.8 Å². The molecule has 0 radical (unpaired) electrons. The Morgan fingerprint density at radius 2 is 2.00 bits per heavy atom. The van der Waals surface area contributed by atoms with Crippen molar-refractivity contribution in [3.05, 3.63) is 53.3 Å². The number of nitrogens with two attached hydrogens (primary N) is 1. The van der Waals surface area contributed by atoms with Gasteiger partial charge in [0.15, 0.2) is 11.6 Å². The number of ether oxygens (including phenoxy) is 1. The highest BCUT2D eigenvalue weighted by Crippen LogP contribution is 2.28. The van der Waals surface area contributed by atoms with E-state index in [2.05, 4.69) is 0 Å². The monoisotopic (exact) mass is 297 g/mol. The van der Waals surface area contributed by atoms with Crippen molar-refractivity contribution in [2.45, 2.75) is 4.90 Å². The Morgan fingerprint density at radius 1 is 1.21 bits per heavy atom. The minimum Gasteiger partial charge on any atom is -0.490 e. The molecule has 0 fully saturated rings. The van der Waals surface area contributed by atoms with E-state index < -0.39 is 0 Å². The molecule has 0 saturated heterocycles. The second kappa shape index (κ2) is 6.68. The zero-order valence-electron chi connectivity index (χ0n) is 10.1. The van der Waals surface area contributed by atoms with Gasteiger partial charge < -0.3 is 10.5 Å². The Morgan fingerprint density at radius 3 is 2.79 bits per heavy atom. The first-order valence-corrected chi connectivity index (χ1v) is 7.08. The second-order valence-corrected chi connectivity index (χ2v) is 5.38. The molecule has 2 aromatic carbocycles. The van der Waals surface area contributed by atoms with E-state index in [-0.39, 0.29) is 11.6 Å². The smallest absolute Gasteiger partial charge is 0.165 e. The van der Waals surface area contributed by atoms with Gasteiger partial charge in [-0.3, -0.25) is 0 Å². The molecule has 19 heavy (non-hydrogen) atoms. The fourth-order valence-electron chi connectivity index (χ4n) is 1.50. The van der Waals surface area contributed by atoms with Crippen molar-refractivity contribution in [1.29, 1.82) is 0 Å². The van der Waals surface area contributed by atoms with Crippen LogP contribution in [0.15, 0.2) is 47.4 Å². The van der Waals surface area contributed by atoms with Crippen molar-refractivity contribution < 1.29 is 9.13 Å². The van der Waals surface area contributed by atoms with Crippen molar-refractivity contribution in [2.24, 2.45) is 0 Å². The van der Waals surface area contributed by atoms with Crippen LogP contribution in [0, 0.1) is 5.82 Å². The Labute approximate surface area is 120 Å². The van der Waals surface area contributed by atoms with E-state index >= 15 is 0 Å². The molecule has 0 atom stereocenters. The molecule has 0 aliphatic heterocycles. The zero-order chi connectivity index (χ0) is 13.7. The molecule has 0 unspecified atom stereocenters. The van der Waals surface area contributed by atoms with Crippen LogP contribution in [0.1, 0.15) is 0 Å². The van der Waals surface area contributed by atoms with Gasteiger partial charge in [0.1, 0.15) is 0 Å².